The number of thiazole rings is 1. The fourth-order valence-electron chi connectivity index (χ4n) is 3.11. The van der Waals surface area contributed by atoms with Crippen molar-refractivity contribution in [2.45, 2.75) is 6.04 Å². The standard InChI is InChI=1S/C17H16FN3O2S/c18-14-3-1-2-12(20-14)16(21-6-8-23-9-7-21)11-4-5-13-15(17(11)22)19-10-24-13/h1-5,10,16,22H,6-9H2. The van der Waals surface area contributed by atoms with Gasteiger partial charge in [0.1, 0.15) is 11.3 Å². The summed E-state index contributed by atoms with van der Waals surface area (Å²) in [7, 11) is 0. The molecule has 0 bridgehead atoms. The SMILES string of the molecule is Oc1c(C(c2cccc(F)n2)N2CCOCC2)ccc2scnc12. The number of phenolic OH excluding ortho intramolecular Hbond substituents is 1. The summed E-state index contributed by atoms with van der Waals surface area (Å²) in [5.74, 6) is -0.392. The minimum Gasteiger partial charge on any atom is -0.505 e. The molecule has 1 N–H and O–H groups in total. The van der Waals surface area contributed by atoms with Crippen LogP contribution in [0.4, 0.5) is 4.39 Å². The summed E-state index contributed by atoms with van der Waals surface area (Å²) in [6.45, 7) is 2.59. The number of benzene rings is 1. The normalized spacial score (nSPS) is 17.2. The van der Waals surface area contributed by atoms with Gasteiger partial charge in [0.15, 0.2) is 0 Å². The van der Waals surface area contributed by atoms with Gasteiger partial charge in [-0.1, -0.05) is 12.1 Å². The molecule has 3 aromatic rings. The van der Waals surface area contributed by atoms with Crippen LogP contribution in [0.5, 0.6) is 5.75 Å². The Morgan fingerprint density at radius 1 is 1.21 bits per heavy atom. The van der Waals surface area contributed by atoms with Crippen molar-refractivity contribution in [1.82, 2.24) is 14.9 Å². The van der Waals surface area contributed by atoms with Gasteiger partial charge in [-0.2, -0.15) is 4.39 Å². The number of aromatic hydroxyl groups is 1. The minimum atomic E-state index is -0.528. The summed E-state index contributed by atoms with van der Waals surface area (Å²) >= 11 is 1.48. The monoisotopic (exact) mass is 345 g/mol. The van der Waals surface area contributed by atoms with Gasteiger partial charge >= 0.3 is 0 Å². The molecule has 0 amide bonds. The number of fused-ring (bicyclic) bond motifs is 1. The van der Waals surface area contributed by atoms with E-state index in [1.54, 1.807) is 17.6 Å². The summed E-state index contributed by atoms with van der Waals surface area (Å²) in [4.78, 5) is 10.5. The molecular formula is C17H16FN3O2S. The Morgan fingerprint density at radius 3 is 2.83 bits per heavy atom. The molecule has 7 heteroatoms. The topological polar surface area (TPSA) is 58.5 Å². The number of ether oxygens (including phenoxy) is 1. The third kappa shape index (κ3) is 2.75. The van der Waals surface area contributed by atoms with E-state index in [2.05, 4.69) is 14.9 Å². The molecule has 1 aliphatic heterocycles. The quantitative estimate of drug-likeness (QED) is 0.740. The van der Waals surface area contributed by atoms with Crippen LogP contribution in [0.15, 0.2) is 35.8 Å². The second kappa shape index (κ2) is 6.43. The van der Waals surface area contributed by atoms with E-state index in [1.165, 1.54) is 17.4 Å². The lowest BCUT2D eigenvalue weighted by molar-refractivity contribution is 0.0227. The predicted octanol–water partition coefficient (Wildman–Crippen LogP) is 2.96. The van der Waals surface area contributed by atoms with Gasteiger partial charge in [-0.05, 0) is 18.2 Å². The van der Waals surface area contributed by atoms with Gasteiger partial charge < -0.3 is 9.84 Å². The Morgan fingerprint density at radius 2 is 2.04 bits per heavy atom. The lowest BCUT2D eigenvalue weighted by Gasteiger charge is -2.34. The molecular weight excluding hydrogens is 329 g/mol. The van der Waals surface area contributed by atoms with E-state index in [0.29, 0.717) is 43.1 Å². The van der Waals surface area contributed by atoms with Crippen LogP contribution < -0.4 is 0 Å². The summed E-state index contributed by atoms with van der Waals surface area (Å²) in [5.41, 5.74) is 3.54. The number of rotatable bonds is 3. The predicted molar refractivity (Wildman–Crippen MR) is 89.7 cm³/mol. The van der Waals surface area contributed by atoms with Crippen LogP contribution in [0.3, 0.4) is 0 Å². The van der Waals surface area contributed by atoms with Gasteiger partial charge in [-0.25, -0.2) is 9.97 Å². The summed E-state index contributed by atoms with van der Waals surface area (Å²) in [6, 6.07) is 8.23. The maximum Gasteiger partial charge on any atom is 0.213 e. The molecule has 0 spiro atoms. The minimum absolute atomic E-state index is 0.135. The number of hydrogen-bond donors (Lipinski definition) is 1. The zero-order chi connectivity index (χ0) is 16.5. The molecule has 1 aliphatic rings. The molecule has 0 saturated carbocycles. The molecule has 3 heterocycles. The Hall–Kier alpha value is -2.09. The number of phenols is 1. The molecule has 124 valence electrons. The Kier molecular flexibility index (Phi) is 4.13. The van der Waals surface area contributed by atoms with Crippen LogP contribution in [-0.2, 0) is 4.74 Å². The summed E-state index contributed by atoms with van der Waals surface area (Å²) in [5, 5.41) is 10.7. The molecule has 1 saturated heterocycles. The summed E-state index contributed by atoms with van der Waals surface area (Å²) < 4.78 is 20.0. The van der Waals surface area contributed by atoms with Crippen molar-refractivity contribution in [3.05, 3.63) is 53.0 Å². The number of aromatic nitrogens is 2. The molecule has 24 heavy (non-hydrogen) atoms. The van der Waals surface area contributed by atoms with Gasteiger partial charge in [-0.3, -0.25) is 4.90 Å². The molecule has 0 radical (unpaired) electrons. The Bertz CT molecular complexity index is 864. The Labute approximate surface area is 142 Å². The first-order valence-electron chi connectivity index (χ1n) is 7.73. The fraction of sp³-hybridized carbons (Fsp3) is 0.294. The van der Waals surface area contributed by atoms with E-state index in [-0.39, 0.29) is 11.8 Å². The third-order valence-corrected chi connectivity index (χ3v) is 5.02. The smallest absolute Gasteiger partial charge is 0.213 e. The average molecular weight is 345 g/mol. The van der Waals surface area contributed by atoms with Crippen molar-refractivity contribution in [3.63, 3.8) is 0 Å². The lowest BCUT2D eigenvalue weighted by Crippen LogP contribution is -2.39. The zero-order valence-corrected chi connectivity index (χ0v) is 13.7. The van der Waals surface area contributed by atoms with Crippen molar-refractivity contribution in [2.75, 3.05) is 26.3 Å². The number of pyridine rings is 1. The summed E-state index contributed by atoms with van der Waals surface area (Å²) in [6.07, 6.45) is 0. The maximum atomic E-state index is 13.7. The Balaban J connectivity index is 1.85. The number of morpholine rings is 1. The van der Waals surface area contributed by atoms with E-state index in [1.807, 2.05) is 12.1 Å². The van der Waals surface area contributed by atoms with E-state index >= 15 is 0 Å². The first-order chi connectivity index (χ1) is 11.7. The van der Waals surface area contributed by atoms with Gasteiger partial charge in [0, 0.05) is 18.7 Å². The number of hydrogen-bond acceptors (Lipinski definition) is 6. The highest BCUT2D eigenvalue weighted by Crippen LogP contribution is 2.38. The highest BCUT2D eigenvalue weighted by atomic mass is 32.1. The third-order valence-electron chi connectivity index (χ3n) is 4.23. The lowest BCUT2D eigenvalue weighted by atomic mass is 9.99. The van der Waals surface area contributed by atoms with Crippen molar-refractivity contribution >= 4 is 21.6 Å². The number of halogens is 1. The van der Waals surface area contributed by atoms with E-state index in [0.717, 1.165) is 4.70 Å². The van der Waals surface area contributed by atoms with E-state index in [9.17, 15) is 9.50 Å². The second-order valence-corrected chi connectivity index (χ2v) is 6.52. The van der Waals surface area contributed by atoms with Gasteiger partial charge in [0.05, 0.1) is 35.2 Å². The fourth-order valence-corrected chi connectivity index (χ4v) is 3.79. The first-order valence-corrected chi connectivity index (χ1v) is 8.61. The highest BCUT2D eigenvalue weighted by Gasteiger charge is 2.29. The van der Waals surface area contributed by atoms with Crippen molar-refractivity contribution in [2.24, 2.45) is 0 Å². The van der Waals surface area contributed by atoms with Crippen LogP contribution in [0.1, 0.15) is 17.3 Å². The number of nitrogens with zero attached hydrogens (tertiary/aromatic N) is 3. The molecule has 1 fully saturated rings. The molecule has 1 unspecified atom stereocenters. The van der Waals surface area contributed by atoms with Gasteiger partial charge in [-0.15, -0.1) is 11.3 Å². The van der Waals surface area contributed by atoms with Crippen molar-refractivity contribution < 1.29 is 14.2 Å². The largest absolute Gasteiger partial charge is 0.505 e. The molecule has 0 aliphatic carbocycles. The van der Waals surface area contributed by atoms with Gasteiger partial charge in [0.25, 0.3) is 0 Å². The molecule has 5 nitrogen and oxygen atoms in total. The maximum absolute atomic E-state index is 13.7. The second-order valence-electron chi connectivity index (χ2n) is 5.64. The van der Waals surface area contributed by atoms with Crippen LogP contribution in [0.25, 0.3) is 10.2 Å². The van der Waals surface area contributed by atoms with Crippen LogP contribution in [0.2, 0.25) is 0 Å². The molecule has 1 atom stereocenters. The highest BCUT2D eigenvalue weighted by molar-refractivity contribution is 7.16. The molecule has 2 aromatic heterocycles. The molecule has 1 aromatic carbocycles. The average Bonchev–Trinajstić information content (AvgIpc) is 3.08. The van der Waals surface area contributed by atoms with E-state index < -0.39 is 5.95 Å². The van der Waals surface area contributed by atoms with Crippen LogP contribution >= 0.6 is 11.3 Å². The van der Waals surface area contributed by atoms with Crippen molar-refractivity contribution in [1.29, 1.82) is 0 Å². The van der Waals surface area contributed by atoms with Crippen LogP contribution in [0, 0.1) is 5.95 Å². The van der Waals surface area contributed by atoms with Crippen LogP contribution in [-0.4, -0.2) is 46.3 Å². The molecule has 4 rings (SSSR count). The van der Waals surface area contributed by atoms with Crippen molar-refractivity contribution in [3.8, 4) is 5.75 Å². The van der Waals surface area contributed by atoms with E-state index in [4.69, 9.17) is 4.74 Å². The zero-order valence-electron chi connectivity index (χ0n) is 12.9. The first kappa shape index (κ1) is 15.4. The van der Waals surface area contributed by atoms with Gasteiger partial charge in [0.2, 0.25) is 5.95 Å².